The van der Waals surface area contributed by atoms with Gasteiger partial charge in [-0.05, 0) is 64.5 Å². The molecule has 0 aromatic rings. The first-order valence-corrected chi connectivity index (χ1v) is 7.87. The molecule has 0 aromatic heterocycles. The van der Waals surface area contributed by atoms with Crippen molar-refractivity contribution in [3.05, 3.63) is 0 Å². The lowest BCUT2D eigenvalue weighted by molar-refractivity contribution is 0.119. The second-order valence-electron chi connectivity index (χ2n) is 6.67. The smallest absolute Gasteiger partial charge is 0.0105 e. The largest absolute Gasteiger partial charge is 0.317 e. The standard InChI is InChI=1S/C16H34N2/c1-7-13(4)18(6)11-15-10-14(12(2)3)8-9-16(15)17-5/h12-17H,7-11H2,1-6H3. The van der Waals surface area contributed by atoms with Gasteiger partial charge in [-0.3, -0.25) is 0 Å². The summed E-state index contributed by atoms with van der Waals surface area (Å²) in [6.45, 7) is 10.7. The second kappa shape index (κ2) is 7.49. The van der Waals surface area contributed by atoms with E-state index in [1.54, 1.807) is 0 Å². The Morgan fingerprint density at radius 2 is 1.89 bits per heavy atom. The van der Waals surface area contributed by atoms with Crippen LogP contribution in [0.1, 0.15) is 53.4 Å². The Morgan fingerprint density at radius 1 is 1.22 bits per heavy atom. The molecule has 1 aliphatic rings. The molecule has 0 aromatic carbocycles. The SMILES string of the molecule is CCC(C)N(C)CC1CC(C(C)C)CCC1NC. The highest BCUT2D eigenvalue weighted by Gasteiger charge is 2.31. The van der Waals surface area contributed by atoms with E-state index in [9.17, 15) is 0 Å². The molecule has 1 N–H and O–H groups in total. The van der Waals surface area contributed by atoms with E-state index in [4.69, 9.17) is 0 Å². The fourth-order valence-electron chi connectivity index (χ4n) is 3.35. The monoisotopic (exact) mass is 254 g/mol. The number of nitrogens with one attached hydrogen (secondary N) is 1. The minimum Gasteiger partial charge on any atom is -0.317 e. The summed E-state index contributed by atoms with van der Waals surface area (Å²) >= 11 is 0. The maximum Gasteiger partial charge on any atom is 0.0105 e. The lowest BCUT2D eigenvalue weighted by atomic mass is 9.73. The second-order valence-corrected chi connectivity index (χ2v) is 6.67. The van der Waals surface area contributed by atoms with E-state index in [0.29, 0.717) is 6.04 Å². The van der Waals surface area contributed by atoms with Crippen LogP contribution in [0.5, 0.6) is 0 Å². The molecule has 4 unspecified atom stereocenters. The van der Waals surface area contributed by atoms with Gasteiger partial charge in [0.2, 0.25) is 0 Å². The van der Waals surface area contributed by atoms with E-state index in [2.05, 4.69) is 52.0 Å². The molecule has 0 bridgehead atoms. The van der Waals surface area contributed by atoms with Crippen molar-refractivity contribution in [3.8, 4) is 0 Å². The molecule has 1 aliphatic carbocycles. The zero-order valence-corrected chi connectivity index (χ0v) is 13.4. The summed E-state index contributed by atoms with van der Waals surface area (Å²) in [5.41, 5.74) is 0. The fraction of sp³-hybridized carbons (Fsp3) is 1.00. The van der Waals surface area contributed by atoms with Gasteiger partial charge in [0.25, 0.3) is 0 Å². The molecule has 0 aliphatic heterocycles. The molecule has 0 radical (unpaired) electrons. The first-order chi connectivity index (χ1) is 8.49. The molecule has 2 heteroatoms. The van der Waals surface area contributed by atoms with Crippen molar-refractivity contribution >= 4 is 0 Å². The Labute approximate surface area is 115 Å². The predicted molar refractivity (Wildman–Crippen MR) is 80.9 cm³/mol. The first kappa shape index (κ1) is 16.0. The minimum absolute atomic E-state index is 0.710. The molecule has 0 saturated heterocycles. The van der Waals surface area contributed by atoms with Crippen LogP contribution in [-0.2, 0) is 0 Å². The van der Waals surface area contributed by atoms with Crippen molar-refractivity contribution in [2.75, 3.05) is 20.6 Å². The molecule has 0 spiro atoms. The van der Waals surface area contributed by atoms with E-state index in [-0.39, 0.29) is 0 Å². The van der Waals surface area contributed by atoms with Gasteiger partial charge in [0.15, 0.2) is 0 Å². The number of hydrogen-bond donors (Lipinski definition) is 1. The number of hydrogen-bond acceptors (Lipinski definition) is 2. The van der Waals surface area contributed by atoms with Gasteiger partial charge in [-0.2, -0.15) is 0 Å². The van der Waals surface area contributed by atoms with E-state index in [0.717, 1.165) is 23.8 Å². The van der Waals surface area contributed by atoms with Crippen molar-refractivity contribution in [1.29, 1.82) is 0 Å². The van der Waals surface area contributed by atoms with Gasteiger partial charge < -0.3 is 10.2 Å². The van der Waals surface area contributed by atoms with Gasteiger partial charge in [-0.25, -0.2) is 0 Å². The Balaban J connectivity index is 2.57. The zero-order chi connectivity index (χ0) is 13.7. The summed E-state index contributed by atoms with van der Waals surface area (Å²) in [7, 11) is 4.43. The summed E-state index contributed by atoms with van der Waals surface area (Å²) in [6.07, 6.45) is 5.43. The molecule has 0 heterocycles. The third-order valence-corrected chi connectivity index (χ3v) is 5.20. The van der Waals surface area contributed by atoms with Gasteiger partial charge in [-0.15, -0.1) is 0 Å². The average molecular weight is 254 g/mol. The molecule has 1 rings (SSSR count). The van der Waals surface area contributed by atoms with E-state index in [1.165, 1.54) is 32.2 Å². The van der Waals surface area contributed by atoms with Crippen molar-refractivity contribution in [2.45, 2.75) is 65.5 Å². The van der Waals surface area contributed by atoms with Gasteiger partial charge in [-0.1, -0.05) is 20.8 Å². The van der Waals surface area contributed by atoms with E-state index >= 15 is 0 Å². The Bertz CT molecular complexity index is 227. The van der Waals surface area contributed by atoms with Crippen LogP contribution in [-0.4, -0.2) is 37.6 Å². The highest BCUT2D eigenvalue weighted by molar-refractivity contribution is 4.87. The molecule has 108 valence electrons. The summed E-state index contributed by atoms with van der Waals surface area (Å²) in [5, 5.41) is 3.55. The van der Waals surface area contributed by atoms with Crippen molar-refractivity contribution in [2.24, 2.45) is 17.8 Å². The quantitative estimate of drug-likeness (QED) is 0.782. The third-order valence-electron chi connectivity index (χ3n) is 5.20. The molecule has 0 amide bonds. The van der Waals surface area contributed by atoms with Crippen molar-refractivity contribution in [1.82, 2.24) is 10.2 Å². The lowest BCUT2D eigenvalue weighted by Gasteiger charge is -2.40. The molecule has 1 saturated carbocycles. The molecule has 18 heavy (non-hydrogen) atoms. The molecular weight excluding hydrogens is 220 g/mol. The Morgan fingerprint density at radius 3 is 2.39 bits per heavy atom. The molecule has 2 nitrogen and oxygen atoms in total. The third kappa shape index (κ3) is 4.24. The van der Waals surface area contributed by atoms with Crippen LogP contribution in [0, 0.1) is 17.8 Å². The number of nitrogens with zero attached hydrogens (tertiary/aromatic N) is 1. The summed E-state index contributed by atoms with van der Waals surface area (Å²) < 4.78 is 0. The average Bonchev–Trinajstić information content (AvgIpc) is 2.37. The Kier molecular flexibility index (Phi) is 6.65. The van der Waals surface area contributed by atoms with E-state index < -0.39 is 0 Å². The van der Waals surface area contributed by atoms with E-state index in [1.807, 2.05) is 0 Å². The van der Waals surface area contributed by atoms with Crippen LogP contribution in [0.3, 0.4) is 0 Å². The van der Waals surface area contributed by atoms with Gasteiger partial charge in [0, 0.05) is 18.6 Å². The zero-order valence-electron chi connectivity index (χ0n) is 13.4. The van der Waals surface area contributed by atoms with Crippen molar-refractivity contribution < 1.29 is 0 Å². The van der Waals surface area contributed by atoms with Crippen LogP contribution < -0.4 is 5.32 Å². The van der Waals surface area contributed by atoms with Crippen LogP contribution >= 0.6 is 0 Å². The maximum absolute atomic E-state index is 3.55. The first-order valence-electron chi connectivity index (χ1n) is 7.87. The highest BCUT2D eigenvalue weighted by Crippen LogP contribution is 2.34. The predicted octanol–water partition coefficient (Wildman–Crippen LogP) is 3.38. The lowest BCUT2D eigenvalue weighted by Crippen LogP contribution is -2.46. The molecular formula is C16H34N2. The normalized spacial score (nSPS) is 31.0. The topological polar surface area (TPSA) is 15.3 Å². The summed E-state index contributed by atoms with van der Waals surface area (Å²) in [5.74, 6) is 2.61. The van der Waals surface area contributed by atoms with Crippen LogP contribution in [0.25, 0.3) is 0 Å². The van der Waals surface area contributed by atoms with Gasteiger partial charge >= 0.3 is 0 Å². The highest BCUT2D eigenvalue weighted by atomic mass is 15.1. The van der Waals surface area contributed by atoms with Gasteiger partial charge in [0.05, 0.1) is 0 Å². The number of rotatable bonds is 6. The molecule has 1 fully saturated rings. The fourth-order valence-corrected chi connectivity index (χ4v) is 3.35. The maximum atomic E-state index is 3.55. The minimum atomic E-state index is 0.710. The van der Waals surface area contributed by atoms with Crippen LogP contribution in [0.4, 0.5) is 0 Å². The summed E-state index contributed by atoms with van der Waals surface area (Å²) in [4.78, 5) is 2.55. The van der Waals surface area contributed by atoms with Crippen LogP contribution in [0.15, 0.2) is 0 Å². The van der Waals surface area contributed by atoms with Crippen molar-refractivity contribution in [3.63, 3.8) is 0 Å². The van der Waals surface area contributed by atoms with Crippen LogP contribution in [0.2, 0.25) is 0 Å². The molecule has 4 atom stereocenters. The Hall–Kier alpha value is -0.0800. The van der Waals surface area contributed by atoms with Gasteiger partial charge in [0.1, 0.15) is 0 Å². The summed E-state index contributed by atoms with van der Waals surface area (Å²) in [6, 6.07) is 1.44.